The minimum Gasteiger partial charge on any atom is -0.488 e. The van der Waals surface area contributed by atoms with Crippen molar-refractivity contribution in [3.05, 3.63) is 124 Å². The highest BCUT2D eigenvalue weighted by atomic mass is 79.9. The van der Waals surface area contributed by atoms with Gasteiger partial charge in [-0.2, -0.15) is 0 Å². The number of halogens is 2. The van der Waals surface area contributed by atoms with Crippen LogP contribution in [0.3, 0.4) is 0 Å². The maximum absolute atomic E-state index is 13.9. The number of carbonyl (C=O) groups is 1. The van der Waals surface area contributed by atoms with Crippen LogP contribution >= 0.6 is 50.6 Å². The van der Waals surface area contributed by atoms with E-state index >= 15 is 0 Å². The van der Waals surface area contributed by atoms with Gasteiger partial charge in [-0.25, -0.2) is 9.79 Å². The van der Waals surface area contributed by atoms with E-state index in [-0.39, 0.29) is 11.7 Å². The van der Waals surface area contributed by atoms with Gasteiger partial charge in [0.1, 0.15) is 12.4 Å². The molecule has 0 aliphatic carbocycles. The van der Waals surface area contributed by atoms with Crippen molar-refractivity contribution in [1.29, 1.82) is 0 Å². The van der Waals surface area contributed by atoms with Crippen molar-refractivity contribution in [1.82, 2.24) is 4.57 Å². The van der Waals surface area contributed by atoms with E-state index < -0.39 is 12.0 Å². The lowest BCUT2D eigenvalue weighted by molar-refractivity contribution is -0.143. The van der Waals surface area contributed by atoms with Crippen LogP contribution in [0.15, 0.2) is 97.2 Å². The van der Waals surface area contributed by atoms with Gasteiger partial charge in [0.05, 0.1) is 32.4 Å². The molecule has 42 heavy (non-hydrogen) atoms. The zero-order valence-corrected chi connectivity index (χ0v) is 27.4. The molecule has 0 fully saturated rings. The third-order valence-corrected chi connectivity index (χ3v) is 9.18. The van der Waals surface area contributed by atoms with Crippen molar-refractivity contribution in [3.8, 4) is 5.75 Å². The number of carbonyl (C=O) groups excluding carboxylic acids is 1. The maximum Gasteiger partial charge on any atom is 0.338 e. The molecule has 1 aromatic heterocycles. The van der Waals surface area contributed by atoms with E-state index in [9.17, 15) is 9.59 Å². The van der Waals surface area contributed by atoms with Gasteiger partial charge >= 0.3 is 5.97 Å². The highest BCUT2D eigenvalue weighted by Gasteiger charge is 2.33. The van der Waals surface area contributed by atoms with Gasteiger partial charge in [-0.05, 0) is 102 Å². The number of fused-ring (bicyclic) bond motifs is 1. The normalized spacial score (nSPS) is 15.0. The Balaban J connectivity index is 1.52. The molecule has 1 atom stereocenters. The summed E-state index contributed by atoms with van der Waals surface area (Å²) in [5.41, 5.74) is 3.32. The molecule has 0 saturated heterocycles. The molecule has 3 aromatic carbocycles. The van der Waals surface area contributed by atoms with Crippen molar-refractivity contribution in [3.63, 3.8) is 0 Å². The number of hydrogen-bond acceptors (Lipinski definition) is 7. The number of ether oxygens (including phenoxy) is 2. The molecular weight excluding hydrogens is 656 g/mol. The highest BCUT2D eigenvalue weighted by Crippen LogP contribution is 2.32. The van der Waals surface area contributed by atoms with Crippen LogP contribution in [-0.4, -0.2) is 22.9 Å². The predicted molar refractivity (Wildman–Crippen MR) is 173 cm³/mol. The first-order valence-corrected chi connectivity index (χ1v) is 16.4. The molecule has 1 aliphatic rings. The van der Waals surface area contributed by atoms with Crippen molar-refractivity contribution in [2.24, 2.45) is 4.99 Å². The standard InChI is InChI=1S/C32H28BrClN2O4S2/c1-18(2)40-31(38)28-19(3)35-32-36(29(28)22-8-12-24(41-4)13-9-22)30(37)27(42-32)16-21-7-14-26(25(33)15-21)39-17-20-5-10-23(34)11-6-20/h5-16,18,29H,17H2,1-4H3/b27-16-/t29-/m1/s1. The number of nitrogens with zero attached hydrogens (tertiary/aromatic N) is 2. The summed E-state index contributed by atoms with van der Waals surface area (Å²) in [5, 5.41) is 0.677. The number of benzene rings is 3. The lowest BCUT2D eigenvalue weighted by Gasteiger charge is -2.25. The lowest BCUT2D eigenvalue weighted by Crippen LogP contribution is -2.40. The molecule has 0 saturated carbocycles. The monoisotopic (exact) mass is 682 g/mol. The van der Waals surface area contributed by atoms with E-state index in [0.717, 1.165) is 26.1 Å². The van der Waals surface area contributed by atoms with Crippen LogP contribution in [0.25, 0.3) is 6.08 Å². The molecule has 1 aliphatic heterocycles. The summed E-state index contributed by atoms with van der Waals surface area (Å²) < 4.78 is 14.4. The van der Waals surface area contributed by atoms with Crippen LogP contribution in [0.5, 0.6) is 5.75 Å². The number of allylic oxidation sites excluding steroid dienone is 1. The second-order valence-electron chi connectivity index (χ2n) is 9.91. The van der Waals surface area contributed by atoms with Crippen LogP contribution in [0.4, 0.5) is 0 Å². The van der Waals surface area contributed by atoms with Gasteiger partial charge in [-0.3, -0.25) is 9.36 Å². The van der Waals surface area contributed by atoms with Gasteiger partial charge in [-0.1, -0.05) is 53.3 Å². The van der Waals surface area contributed by atoms with E-state index in [1.54, 1.807) is 37.1 Å². The summed E-state index contributed by atoms with van der Waals surface area (Å²) in [5.74, 6) is 0.207. The molecule has 0 radical (unpaired) electrons. The molecule has 0 unspecified atom stereocenters. The van der Waals surface area contributed by atoms with Gasteiger partial charge in [0.15, 0.2) is 4.80 Å². The first kappa shape index (κ1) is 30.4. The van der Waals surface area contributed by atoms with Crippen LogP contribution in [0, 0.1) is 0 Å². The Kier molecular flexibility index (Phi) is 9.42. The van der Waals surface area contributed by atoms with Crippen molar-refractivity contribution >= 4 is 62.7 Å². The smallest absolute Gasteiger partial charge is 0.338 e. The van der Waals surface area contributed by atoms with Crippen LogP contribution in [0.1, 0.15) is 43.5 Å². The number of thiazole rings is 1. The number of thioether (sulfide) groups is 1. The Morgan fingerprint density at radius 3 is 2.50 bits per heavy atom. The summed E-state index contributed by atoms with van der Waals surface area (Å²) in [4.78, 5) is 33.5. The van der Waals surface area contributed by atoms with Crippen LogP contribution < -0.4 is 19.6 Å². The fourth-order valence-electron chi connectivity index (χ4n) is 4.58. The van der Waals surface area contributed by atoms with Gasteiger partial charge in [-0.15, -0.1) is 11.8 Å². The van der Waals surface area contributed by atoms with Crippen LogP contribution in [-0.2, 0) is 16.1 Å². The van der Waals surface area contributed by atoms with E-state index in [2.05, 4.69) is 20.9 Å². The second kappa shape index (κ2) is 13.0. The molecule has 0 amide bonds. The number of rotatable bonds is 8. The molecule has 5 rings (SSSR count). The Labute approximate surface area is 265 Å². The molecule has 0 N–H and O–H groups in total. The fraction of sp³-hybridized carbons (Fsp3) is 0.219. The highest BCUT2D eigenvalue weighted by molar-refractivity contribution is 9.10. The number of aromatic nitrogens is 1. The Morgan fingerprint density at radius 2 is 1.86 bits per heavy atom. The summed E-state index contributed by atoms with van der Waals surface area (Å²) in [6, 6.07) is 20.4. The summed E-state index contributed by atoms with van der Waals surface area (Å²) in [7, 11) is 0. The minimum atomic E-state index is -0.652. The summed E-state index contributed by atoms with van der Waals surface area (Å²) in [6.07, 6.45) is 3.53. The van der Waals surface area contributed by atoms with Crippen LogP contribution in [0.2, 0.25) is 5.02 Å². The predicted octanol–water partition coefficient (Wildman–Crippen LogP) is 6.90. The second-order valence-corrected chi connectivity index (χ2v) is 13.1. The first-order chi connectivity index (χ1) is 20.1. The van der Waals surface area contributed by atoms with Crippen molar-refractivity contribution in [2.45, 2.75) is 44.4 Å². The molecular formula is C32H28BrClN2O4S2. The third kappa shape index (κ3) is 6.59. The Morgan fingerprint density at radius 1 is 1.14 bits per heavy atom. The van der Waals surface area contributed by atoms with Gasteiger partial charge < -0.3 is 9.47 Å². The van der Waals surface area contributed by atoms with Gasteiger partial charge in [0.25, 0.3) is 5.56 Å². The van der Waals surface area contributed by atoms with E-state index in [4.69, 9.17) is 21.1 Å². The molecule has 0 bridgehead atoms. The van der Waals surface area contributed by atoms with Gasteiger partial charge in [0.2, 0.25) is 0 Å². The average molecular weight is 684 g/mol. The number of hydrogen-bond donors (Lipinski definition) is 0. The molecule has 4 aromatic rings. The molecule has 10 heteroatoms. The molecule has 0 spiro atoms. The topological polar surface area (TPSA) is 69.9 Å². The summed E-state index contributed by atoms with van der Waals surface area (Å²) in [6.45, 7) is 5.79. The Hall–Kier alpha value is -3.11. The zero-order chi connectivity index (χ0) is 30.0. The SMILES string of the molecule is CSc1ccc([C@@H]2C(C(=O)OC(C)C)=C(C)N=c3s/c(=C\c4ccc(OCc5ccc(Cl)cc5)c(Br)c4)c(=O)n32)cc1. The molecule has 6 nitrogen and oxygen atoms in total. The third-order valence-electron chi connectivity index (χ3n) is 6.58. The zero-order valence-electron chi connectivity index (χ0n) is 23.4. The Bertz CT molecular complexity index is 1850. The molecule has 2 heterocycles. The van der Waals surface area contributed by atoms with E-state index in [1.165, 1.54) is 11.3 Å². The van der Waals surface area contributed by atoms with E-state index in [1.807, 2.05) is 79.1 Å². The maximum atomic E-state index is 13.9. The average Bonchev–Trinajstić information content (AvgIpc) is 3.26. The summed E-state index contributed by atoms with van der Waals surface area (Å²) >= 11 is 12.5. The lowest BCUT2D eigenvalue weighted by atomic mass is 9.96. The fourth-order valence-corrected chi connectivity index (χ4v) is 6.67. The minimum absolute atomic E-state index is 0.223. The largest absolute Gasteiger partial charge is 0.488 e. The quantitative estimate of drug-likeness (QED) is 0.149. The van der Waals surface area contributed by atoms with Gasteiger partial charge in [0, 0.05) is 9.92 Å². The van der Waals surface area contributed by atoms with E-state index in [0.29, 0.717) is 38.0 Å². The molecule has 216 valence electrons. The van der Waals surface area contributed by atoms with Crippen molar-refractivity contribution in [2.75, 3.05) is 6.26 Å². The first-order valence-electron chi connectivity index (χ1n) is 13.2. The van der Waals surface area contributed by atoms with Crippen molar-refractivity contribution < 1.29 is 14.3 Å². The number of esters is 1.